The monoisotopic (exact) mass is 283 g/mol. The minimum atomic E-state index is -1.20. The van der Waals surface area contributed by atoms with E-state index >= 15 is 0 Å². The number of nitrogens with zero attached hydrogens (tertiary/aromatic N) is 3. The molecular weight excluding hydrogens is 269 g/mol. The summed E-state index contributed by atoms with van der Waals surface area (Å²) >= 11 is 5.85. The number of rotatable bonds is 2. The number of alkyl halides is 1. The van der Waals surface area contributed by atoms with Crippen molar-refractivity contribution in [3.05, 3.63) is 27.8 Å². The minimum Gasteiger partial charge on any atom is -0.290 e. The Morgan fingerprint density at radius 2 is 2.11 bits per heavy atom. The van der Waals surface area contributed by atoms with E-state index in [1.165, 1.54) is 4.57 Å². The highest BCUT2D eigenvalue weighted by molar-refractivity contribution is 6.29. The van der Waals surface area contributed by atoms with Gasteiger partial charge in [-0.3, -0.25) is 9.13 Å². The number of aromatic nitrogens is 3. The Kier molecular flexibility index (Phi) is 2.40. The summed E-state index contributed by atoms with van der Waals surface area (Å²) < 4.78 is 17.0. The van der Waals surface area contributed by atoms with Gasteiger partial charge in [-0.05, 0) is 25.5 Å². The van der Waals surface area contributed by atoms with E-state index in [4.69, 9.17) is 11.6 Å². The molecule has 1 saturated carbocycles. The molecule has 2 aromatic rings. The third kappa shape index (κ3) is 1.71. The molecule has 2 atom stereocenters. The molecule has 0 amide bonds. The standard InChI is InChI=1S/C13H15ClFN3O/c1-12(6-13(12,2)15)7-18-8-4-5-9(14)16-10(8)17(3)11(18)19/h4-5H,6-7H2,1-3H3. The lowest BCUT2D eigenvalue weighted by atomic mass is 10.1. The van der Waals surface area contributed by atoms with Crippen molar-refractivity contribution >= 4 is 22.8 Å². The third-order valence-electron chi connectivity index (χ3n) is 4.31. The van der Waals surface area contributed by atoms with E-state index in [-0.39, 0.29) is 5.69 Å². The molecule has 2 heterocycles. The molecule has 0 aliphatic heterocycles. The second-order valence-electron chi connectivity index (χ2n) is 5.84. The highest BCUT2D eigenvalue weighted by Crippen LogP contribution is 2.59. The van der Waals surface area contributed by atoms with Crippen LogP contribution in [0.4, 0.5) is 4.39 Å². The van der Waals surface area contributed by atoms with Crippen LogP contribution < -0.4 is 5.69 Å². The zero-order valence-corrected chi connectivity index (χ0v) is 11.8. The van der Waals surface area contributed by atoms with Gasteiger partial charge in [0.15, 0.2) is 5.65 Å². The van der Waals surface area contributed by atoms with Crippen molar-refractivity contribution in [1.82, 2.24) is 14.1 Å². The lowest BCUT2D eigenvalue weighted by molar-refractivity contribution is 0.240. The molecule has 2 unspecified atom stereocenters. The highest BCUT2D eigenvalue weighted by atomic mass is 35.5. The van der Waals surface area contributed by atoms with Crippen LogP contribution in [0.25, 0.3) is 11.2 Å². The van der Waals surface area contributed by atoms with Crippen molar-refractivity contribution in [3.8, 4) is 0 Å². The van der Waals surface area contributed by atoms with Crippen LogP contribution in [0.15, 0.2) is 16.9 Å². The molecule has 1 fully saturated rings. The van der Waals surface area contributed by atoms with Crippen LogP contribution in [0.3, 0.4) is 0 Å². The fourth-order valence-electron chi connectivity index (χ4n) is 2.66. The first-order valence-electron chi connectivity index (χ1n) is 6.16. The predicted molar refractivity (Wildman–Crippen MR) is 72.2 cm³/mol. The molecule has 0 aromatic carbocycles. The van der Waals surface area contributed by atoms with Crippen molar-refractivity contribution in [1.29, 1.82) is 0 Å². The summed E-state index contributed by atoms with van der Waals surface area (Å²) in [6, 6.07) is 3.40. The van der Waals surface area contributed by atoms with Gasteiger partial charge in [0, 0.05) is 19.0 Å². The SMILES string of the molecule is Cn1c(=O)n(CC2(C)CC2(C)F)c2ccc(Cl)nc21. The molecule has 0 radical (unpaired) electrons. The number of imidazole rings is 1. The maximum atomic E-state index is 14.0. The number of hydrogen-bond donors (Lipinski definition) is 0. The summed E-state index contributed by atoms with van der Waals surface area (Å²) in [4.78, 5) is 16.4. The van der Waals surface area contributed by atoms with E-state index in [1.807, 2.05) is 6.92 Å². The molecule has 2 aromatic heterocycles. The molecule has 0 saturated heterocycles. The Labute approximate surface area is 114 Å². The van der Waals surface area contributed by atoms with Gasteiger partial charge in [0.1, 0.15) is 10.8 Å². The van der Waals surface area contributed by atoms with Gasteiger partial charge in [0.2, 0.25) is 0 Å². The van der Waals surface area contributed by atoms with Crippen LogP contribution in [-0.2, 0) is 13.6 Å². The van der Waals surface area contributed by atoms with E-state index in [0.29, 0.717) is 29.3 Å². The van der Waals surface area contributed by atoms with Crippen molar-refractivity contribution < 1.29 is 4.39 Å². The lowest BCUT2D eigenvalue weighted by Gasteiger charge is -2.12. The normalized spacial score (nSPS) is 29.9. The molecule has 3 rings (SSSR count). The van der Waals surface area contributed by atoms with Gasteiger partial charge in [-0.25, -0.2) is 14.2 Å². The van der Waals surface area contributed by atoms with Crippen molar-refractivity contribution in [2.24, 2.45) is 12.5 Å². The Morgan fingerprint density at radius 3 is 2.68 bits per heavy atom. The van der Waals surface area contributed by atoms with E-state index in [1.54, 1.807) is 30.7 Å². The molecule has 0 spiro atoms. The second kappa shape index (κ2) is 3.60. The van der Waals surface area contributed by atoms with Crippen LogP contribution in [0.2, 0.25) is 5.15 Å². The molecule has 19 heavy (non-hydrogen) atoms. The van der Waals surface area contributed by atoms with Crippen LogP contribution in [0.1, 0.15) is 20.3 Å². The van der Waals surface area contributed by atoms with Gasteiger partial charge in [-0.1, -0.05) is 18.5 Å². The summed E-state index contributed by atoms with van der Waals surface area (Å²) in [6.07, 6.45) is 0.476. The maximum Gasteiger partial charge on any atom is 0.330 e. The highest BCUT2D eigenvalue weighted by Gasteiger charge is 2.62. The number of pyridine rings is 1. The molecule has 6 heteroatoms. The number of aryl methyl sites for hydroxylation is 1. The first-order valence-corrected chi connectivity index (χ1v) is 6.54. The molecule has 1 aliphatic carbocycles. The summed E-state index contributed by atoms with van der Waals surface area (Å²) in [6.45, 7) is 3.80. The number of hydrogen-bond acceptors (Lipinski definition) is 2. The predicted octanol–water partition coefficient (Wildman–Crippen LogP) is 2.53. The average Bonchev–Trinajstić information content (AvgIpc) is 2.74. The summed E-state index contributed by atoms with van der Waals surface area (Å²) in [7, 11) is 1.65. The van der Waals surface area contributed by atoms with E-state index < -0.39 is 11.1 Å². The van der Waals surface area contributed by atoms with Crippen LogP contribution in [0.5, 0.6) is 0 Å². The maximum absolute atomic E-state index is 14.0. The van der Waals surface area contributed by atoms with Gasteiger partial charge in [-0.2, -0.15) is 0 Å². The molecule has 4 nitrogen and oxygen atoms in total. The van der Waals surface area contributed by atoms with Crippen LogP contribution >= 0.6 is 11.6 Å². The lowest BCUT2D eigenvalue weighted by Crippen LogP contribution is -2.27. The Balaban J connectivity index is 2.15. The summed E-state index contributed by atoms with van der Waals surface area (Å²) in [5.41, 5.74) is -0.643. The Morgan fingerprint density at radius 1 is 1.47 bits per heavy atom. The molecule has 1 aliphatic rings. The van der Waals surface area contributed by atoms with Crippen molar-refractivity contribution in [2.45, 2.75) is 32.5 Å². The van der Waals surface area contributed by atoms with Crippen LogP contribution in [-0.4, -0.2) is 19.8 Å². The van der Waals surface area contributed by atoms with Gasteiger partial charge < -0.3 is 0 Å². The first kappa shape index (κ1) is 12.7. The van der Waals surface area contributed by atoms with E-state index in [2.05, 4.69) is 4.98 Å². The number of fused-ring (bicyclic) bond motifs is 1. The van der Waals surface area contributed by atoms with E-state index in [9.17, 15) is 9.18 Å². The molecule has 0 N–H and O–H groups in total. The quantitative estimate of drug-likeness (QED) is 0.795. The third-order valence-corrected chi connectivity index (χ3v) is 4.52. The zero-order chi connectivity index (χ0) is 14.0. The number of halogens is 2. The van der Waals surface area contributed by atoms with Crippen molar-refractivity contribution in [2.75, 3.05) is 0 Å². The molecular formula is C13H15ClFN3O. The summed E-state index contributed by atoms with van der Waals surface area (Å²) in [5, 5.41) is 0.341. The second-order valence-corrected chi connectivity index (χ2v) is 6.23. The fourth-order valence-corrected chi connectivity index (χ4v) is 2.80. The van der Waals surface area contributed by atoms with Crippen LogP contribution in [0, 0.1) is 5.41 Å². The van der Waals surface area contributed by atoms with Gasteiger partial charge >= 0.3 is 5.69 Å². The fraction of sp³-hybridized carbons (Fsp3) is 0.538. The molecule has 102 valence electrons. The van der Waals surface area contributed by atoms with Crippen molar-refractivity contribution in [3.63, 3.8) is 0 Å². The molecule has 0 bridgehead atoms. The smallest absolute Gasteiger partial charge is 0.290 e. The van der Waals surface area contributed by atoms with E-state index in [0.717, 1.165) is 0 Å². The largest absolute Gasteiger partial charge is 0.330 e. The topological polar surface area (TPSA) is 39.8 Å². The average molecular weight is 284 g/mol. The minimum absolute atomic E-state index is 0.186. The zero-order valence-electron chi connectivity index (χ0n) is 11.1. The van der Waals surface area contributed by atoms with Gasteiger partial charge in [-0.15, -0.1) is 0 Å². The first-order chi connectivity index (χ1) is 8.75. The summed E-state index contributed by atoms with van der Waals surface area (Å²) in [5.74, 6) is 0. The Bertz CT molecular complexity index is 733. The van der Waals surface area contributed by atoms with Gasteiger partial charge in [0.25, 0.3) is 0 Å². The van der Waals surface area contributed by atoms with Gasteiger partial charge in [0.05, 0.1) is 5.52 Å². The Hall–Kier alpha value is -1.36.